The standard InChI is InChI=1S/C14H15NO4/c1-8-5-12(16)15(13(17)6-8)10-3-4-11(14(18)19)9(2)7-10/h3-4,7-8H,5-6H2,1-2H3,(H,18,19). The third-order valence-corrected chi connectivity index (χ3v) is 3.24. The second-order valence-corrected chi connectivity index (χ2v) is 4.94. The number of piperidine rings is 1. The zero-order chi connectivity index (χ0) is 14.2. The number of aryl methyl sites for hydroxylation is 1. The maximum absolute atomic E-state index is 11.9. The van der Waals surface area contributed by atoms with Crippen LogP contribution < -0.4 is 4.90 Å². The average Bonchev–Trinajstić information content (AvgIpc) is 2.26. The highest BCUT2D eigenvalue weighted by atomic mass is 16.4. The second-order valence-electron chi connectivity index (χ2n) is 4.94. The van der Waals surface area contributed by atoms with E-state index in [9.17, 15) is 14.4 Å². The molecule has 1 heterocycles. The van der Waals surface area contributed by atoms with Gasteiger partial charge in [-0.05, 0) is 36.6 Å². The Bertz CT molecular complexity index is 547. The Morgan fingerprint density at radius 3 is 2.32 bits per heavy atom. The molecule has 0 atom stereocenters. The second kappa shape index (κ2) is 4.84. The topological polar surface area (TPSA) is 74.7 Å². The number of carboxylic acids is 1. The van der Waals surface area contributed by atoms with Crippen molar-refractivity contribution in [3.05, 3.63) is 29.3 Å². The first kappa shape index (κ1) is 13.3. The summed E-state index contributed by atoms with van der Waals surface area (Å²) in [5.41, 5.74) is 1.16. The fourth-order valence-electron chi connectivity index (χ4n) is 2.30. The summed E-state index contributed by atoms with van der Waals surface area (Å²) in [7, 11) is 0. The molecule has 0 aromatic heterocycles. The van der Waals surface area contributed by atoms with Crippen LogP contribution in [-0.2, 0) is 9.59 Å². The van der Waals surface area contributed by atoms with E-state index >= 15 is 0 Å². The number of anilines is 1. The lowest BCUT2D eigenvalue weighted by molar-refractivity contribution is -0.130. The summed E-state index contributed by atoms with van der Waals surface area (Å²) < 4.78 is 0. The Kier molecular flexibility index (Phi) is 3.38. The monoisotopic (exact) mass is 261 g/mol. The molecule has 1 aliphatic rings. The number of nitrogens with zero attached hydrogens (tertiary/aromatic N) is 1. The highest BCUT2D eigenvalue weighted by molar-refractivity contribution is 6.16. The van der Waals surface area contributed by atoms with Gasteiger partial charge in [-0.15, -0.1) is 0 Å². The number of aromatic carboxylic acids is 1. The van der Waals surface area contributed by atoms with E-state index in [0.717, 1.165) is 4.90 Å². The molecule has 5 nitrogen and oxygen atoms in total. The summed E-state index contributed by atoms with van der Waals surface area (Å²) in [6, 6.07) is 4.49. The zero-order valence-electron chi connectivity index (χ0n) is 10.8. The van der Waals surface area contributed by atoms with E-state index in [1.165, 1.54) is 12.1 Å². The van der Waals surface area contributed by atoms with Gasteiger partial charge in [0.1, 0.15) is 0 Å². The van der Waals surface area contributed by atoms with Crippen LogP contribution in [0.25, 0.3) is 0 Å². The zero-order valence-corrected chi connectivity index (χ0v) is 10.8. The Morgan fingerprint density at radius 1 is 1.26 bits per heavy atom. The van der Waals surface area contributed by atoms with Crippen LogP contribution in [0.15, 0.2) is 18.2 Å². The highest BCUT2D eigenvalue weighted by Gasteiger charge is 2.31. The first-order valence-corrected chi connectivity index (χ1v) is 6.10. The van der Waals surface area contributed by atoms with E-state index in [1.54, 1.807) is 13.0 Å². The summed E-state index contributed by atoms with van der Waals surface area (Å²) in [5, 5.41) is 8.96. The summed E-state index contributed by atoms with van der Waals surface area (Å²) >= 11 is 0. The Morgan fingerprint density at radius 2 is 1.84 bits per heavy atom. The average molecular weight is 261 g/mol. The Balaban J connectivity index is 2.37. The number of amides is 2. The molecular formula is C14H15NO4. The highest BCUT2D eigenvalue weighted by Crippen LogP contribution is 2.26. The van der Waals surface area contributed by atoms with Gasteiger partial charge in [-0.1, -0.05) is 6.92 Å². The van der Waals surface area contributed by atoms with Crippen molar-refractivity contribution in [2.24, 2.45) is 5.92 Å². The summed E-state index contributed by atoms with van der Waals surface area (Å²) in [4.78, 5) is 36.0. The number of carbonyl (C=O) groups is 3. The number of imide groups is 1. The fraction of sp³-hybridized carbons (Fsp3) is 0.357. The van der Waals surface area contributed by atoms with E-state index in [2.05, 4.69) is 0 Å². The van der Waals surface area contributed by atoms with Crippen molar-refractivity contribution in [1.82, 2.24) is 0 Å². The van der Waals surface area contributed by atoms with E-state index < -0.39 is 5.97 Å². The number of benzene rings is 1. The van der Waals surface area contributed by atoms with Gasteiger partial charge in [0, 0.05) is 12.8 Å². The number of hydrogen-bond acceptors (Lipinski definition) is 3. The minimum Gasteiger partial charge on any atom is -0.478 e. The van der Waals surface area contributed by atoms with Crippen molar-refractivity contribution < 1.29 is 19.5 Å². The summed E-state index contributed by atoms with van der Waals surface area (Å²) in [6.45, 7) is 3.51. The molecule has 5 heteroatoms. The molecule has 100 valence electrons. The van der Waals surface area contributed by atoms with Gasteiger partial charge in [-0.25, -0.2) is 4.79 Å². The molecule has 0 radical (unpaired) electrons. The van der Waals surface area contributed by atoms with Crippen LogP contribution in [-0.4, -0.2) is 22.9 Å². The van der Waals surface area contributed by atoms with Crippen molar-refractivity contribution in [2.75, 3.05) is 4.90 Å². The number of hydrogen-bond donors (Lipinski definition) is 1. The van der Waals surface area contributed by atoms with E-state index in [4.69, 9.17) is 5.11 Å². The van der Waals surface area contributed by atoms with Crippen LogP contribution in [0.5, 0.6) is 0 Å². The van der Waals surface area contributed by atoms with Gasteiger partial charge in [-0.3, -0.25) is 14.5 Å². The largest absolute Gasteiger partial charge is 0.478 e. The number of carbonyl (C=O) groups excluding carboxylic acids is 2. The maximum atomic E-state index is 11.9. The van der Waals surface area contributed by atoms with E-state index in [0.29, 0.717) is 24.1 Å². The quantitative estimate of drug-likeness (QED) is 0.826. The van der Waals surface area contributed by atoms with E-state index in [-0.39, 0.29) is 23.3 Å². The molecule has 1 N–H and O–H groups in total. The molecule has 0 aliphatic carbocycles. The first-order valence-electron chi connectivity index (χ1n) is 6.10. The van der Waals surface area contributed by atoms with Crippen LogP contribution in [0.1, 0.15) is 35.7 Å². The molecule has 1 aromatic rings. The molecule has 0 bridgehead atoms. The maximum Gasteiger partial charge on any atom is 0.335 e. The van der Waals surface area contributed by atoms with Crippen LogP contribution in [0.2, 0.25) is 0 Å². The lowest BCUT2D eigenvalue weighted by atomic mass is 9.96. The van der Waals surface area contributed by atoms with Crippen molar-refractivity contribution in [2.45, 2.75) is 26.7 Å². The van der Waals surface area contributed by atoms with Gasteiger partial charge in [0.25, 0.3) is 0 Å². The minimum atomic E-state index is -1.02. The molecule has 1 saturated heterocycles. The molecule has 2 rings (SSSR count). The van der Waals surface area contributed by atoms with Crippen LogP contribution in [0.4, 0.5) is 5.69 Å². The fourth-order valence-corrected chi connectivity index (χ4v) is 2.30. The third-order valence-electron chi connectivity index (χ3n) is 3.24. The van der Waals surface area contributed by atoms with Crippen LogP contribution in [0, 0.1) is 12.8 Å². The van der Waals surface area contributed by atoms with Crippen molar-refractivity contribution in [3.63, 3.8) is 0 Å². The van der Waals surface area contributed by atoms with Crippen LogP contribution in [0.3, 0.4) is 0 Å². The lowest BCUT2D eigenvalue weighted by Crippen LogP contribution is -2.42. The molecule has 1 aliphatic heterocycles. The van der Waals surface area contributed by atoms with Gasteiger partial charge < -0.3 is 5.11 Å². The molecule has 0 saturated carbocycles. The molecule has 1 aromatic carbocycles. The first-order chi connectivity index (χ1) is 8.90. The molecule has 0 spiro atoms. The predicted molar refractivity (Wildman–Crippen MR) is 69.0 cm³/mol. The summed E-state index contributed by atoms with van der Waals surface area (Å²) in [6.07, 6.45) is 0.678. The van der Waals surface area contributed by atoms with Gasteiger partial charge >= 0.3 is 5.97 Å². The third kappa shape index (κ3) is 2.50. The number of rotatable bonds is 2. The Hall–Kier alpha value is -2.17. The van der Waals surface area contributed by atoms with Crippen molar-refractivity contribution >= 4 is 23.5 Å². The predicted octanol–water partition coefficient (Wildman–Crippen LogP) is 1.98. The van der Waals surface area contributed by atoms with Gasteiger partial charge in [0.15, 0.2) is 0 Å². The minimum absolute atomic E-state index is 0.0654. The Labute approximate surface area is 110 Å². The molecular weight excluding hydrogens is 246 g/mol. The van der Waals surface area contributed by atoms with Crippen LogP contribution >= 0.6 is 0 Å². The van der Waals surface area contributed by atoms with E-state index in [1.807, 2.05) is 6.92 Å². The summed E-state index contributed by atoms with van der Waals surface area (Å²) in [5.74, 6) is -1.41. The molecule has 19 heavy (non-hydrogen) atoms. The molecule has 1 fully saturated rings. The normalized spacial score (nSPS) is 16.8. The van der Waals surface area contributed by atoms with Crippen molar-refractivity contribution in [3.8, 4) is 0 Å². The molecule has 0 unspecified atom stereocenters. The van der Waals surface area contributed by atoms with Crippen molar-refractivity contribution in [1.29, 1.82) is 0 Å². The lowest BCUT2D eigenvalue weighted by Gasteiger charge is -2.28. The molecule has 2 amide bonds. The smallest absolute Gasteiger partial charge is 0.335 e. The van der Waals surface area contributed by atoms with Gasteiger partial charge in [-0.2, -0.15) is 0 Å². The number of carboxylic acid groups (broad SMARTS) is 1. The van der Waals surface area contributed by atoms with Gasteiger partial charge in [0.05, 0.1) is 11.3 Å². The van der Waals surface area contributed by atoms with Gasteiger partial charge in [0.2, 0.25) is 11.8 Å². The SMILES string of the molecule is Cc1cc(N2C(=O)CC(C)CC2=O)ccc1C(=O)O.